The topological polar surface area (TPSA) is 59.3 Å². The highest BCUT2D eigenvalue weighted by atomic mass is 16.5. The van der Waals surface area contributed by atoms with E-state index in [0.29, 0.717) is 30.8 Å². The van der Waals surface area contributed by atoms with Gasteiger partial charge in [0.05, 0.1) is 25.3 Å². The zero-order valence-corrected chi connectivity index (χ0v) is 10.0. The lowest BCUT2D eigenvalue weighted by Gasteiger charge is -2.08. The monoisotopic (exact) mass is 233 g/mol. The standard InChI is InChI=1S/C13H15NO3/c1-3-17-13(15)7-5-11-8-10(9-14)4-6-12(11)16-2/h4,6,8H,3,5,7H2,1-2H3. The third kappa shape index (κ3) is 3.80. The van der Waals surface area contributed by atoms with Crippen LogP contribution in [0.25, 0.3) is 0 Å². The van der Waals surface area contributed by atoms with Gasteiger partial charge >= 0.3 is 5.97 Å². The van der Waals surface area contributed by atoms with E-state index in [0.717, 1.165) is 5.56 Å². The first-order valence-electron chi connectivity index (χ1n) is 5.44. The van der Waals surface area contributed by atoms with Gasteiger partial charge in [-0.15, -0.1) is 0 Å². The highest BCUT2D eigenvalue weighted by molar-refractivity contribution is 5.69. The molecule has 4 nitrogen and oxygen atoms in total. The Bertz CT molecular complexity index is 435. The van der Waals surface area contributed by atoms with Crippen LogP contribution in [0.2, 0.25) is 0 Å². The molecular weight excluding hydrogens is 218 g/mol. The highest BCUT2D eigenvalue weighted by Crippen LogP contribution is 2.21. The van der Waals surface area contributed by atoms with E-state index < -0.39 is 0 Å². The van der Waals surface area contributed by atoms with Gasteiger partial charge in [0.15, 0.2) is 0 Å². The quantitative estimate of drug-likeness (QED) is 0.730. The van der Waals surface area contributed by atoms with Gasteiger partial charge in [0.25, 0.3) is 0 Å². The highest BCUT2D eigenvalue weighted by Gasteiger charge is 2.08. The molecule has 0 aliphatic rings. The van der Waals surface area contributed by atoms with Gasteiger partial charge in [-0.2, -0.15) is 5.26 Å². The Morgan fingerprint density at radius 3 is 2.82 bits per heavy atom. The number of carbonyl (C=O) groups excluding carboxylic acids is 1. The Kier molecular flexibility index (Phi) is 5.02. The molecule has 0 fully saturated rings. The van der Waals surface area contributed by atoms with Crippen LogP contribution in [-0.2, 0) is 16.0 Å². The molecule has 0 aliphatic heterocycles. The summed E-state index contributed by atoms with van der Waals surface area (Å²) < 4.78 is 10.0. The molecule has 0 amide bonds. The summed E-state index contributed by atoms with van der Waals surface area (Å²) in [5.41, 5.74) is 1.41. The first kappa shape index (κ1) is 13.0. The zero-order chi connectivity index (χ0) is 12.7. The Morgan fingerprint density at radius 1 is 1.47 bits per heavy atom. The molecule has 0 aliphatic carbocycles. The molecule has 90 valence electrons. The molecule has 0 spiro atoms. The number of aryl methyl sites for hydroxylation is 1. The maximum atomic E-state index is 11.2. The Balaban J connectivity index is 2.75. The van der Waals surface area contributed by atoms with Gasteiger partial charge in [0.1, 0.15) is 5.75 Å². The fourth-order valence-corrected chi connectivity index (χ4v) is 1.51. The van der Waals surface area contributed by atoms with Crippen LogP contribution in [0.4, 0.5) is 0 Å². The second kappa shape index (κ2) is 6.54. The Labute approximate surface area is 101 Å². The molecule has 0 saturated heterocycles. The molecule has 0 bridgehead atoms. The largest absolute Gasteiger partial charge is 0.496 e. The summed E-state index contributed by atoms with van der Waals surface area (Å²) in [6, 6.07) is 7.22. The SMILES string of the molecule is CCOC(=O)CCc1cc(C#N)ccc1OC. The molecule has 4 heteroatoms. The molecule has 1 aromatic rings. The van der Waals surface area contributed by atoms with Gasteiger partial charge in [0, 0.05) is 6.42 Å². The van der Waals surface area contributed by atoms with Crippen LogP contribution in [0.3, 0.4) is 0 Å². The van der Waals surface area contributed by atoms with E-state index in [9.17, 15) is 4.79 Å². The van der Waals surface area contributed by atoms with Crippen molar-refractivity contribution < 1.29 is 14.3 Å². The van der Waals surface area contributed by atoms with Crippen LogP contribution in [-0.4, -0.2) is 19.7 Å². The van der Waals surface area contributed by atoms with Crippen molar-refractivity contribution in [2.45, 2.75) is 19.8 Å². The number of methoxy groups -OCH3 is 1. The summed E-state index contributed by atoms with van der Waals surface area (Å²) >= 11 is 0. The summed E-state index contributed by atoms with van der Waals surface area (Å²) in [7, 11) is 1.56. The number of ether oxygens (including phenoxy) is 2. The molecule has 0 saturated carbocycles. The van der Waals surface area contributed by atoms with Crippen LogP contribution in [0.5, 0.6) is 5.75 Å². The molecule has 0 radical (unpaired) electrons. The summed E-state index contributed by atoms with van der Waals surface area (Å²) in [4.78, 5) is 11.2. The maximum Gasteiger partial charge on any atom is 0.306 e. The lowest BCUT2D eigenvalue weighted by molar-refractivity contribution is -0.143. The van der Waals surface area contributed by atoms with E-state index >= 15 is 0 Å². The number of rotatable bonds is 5. The molecule has 1 aromatic carbocycles. The third-order valence-corrected chi connectivity index (χ3v) is 2.31. The Morgan fingerprint density at radius 2 is 2.24 bits per heavy atom. The Hall–Kier alpha value is -2.02. The molecule has 0 N–H and O–H groups in total. The van der Waals surface area contributed by atoms with E-state index in [-0.39, 0.29) is 5.97 Å². The van der Waals surface area contributed by atoms with E-state index in [4.69, 9.17) is 14.7 Å². The van der Waals surface area contributed by atoms with Crippen molar-refractivity contribution in [3.05, 3.63) is 29.3 Å². The molecular formula is C13H15NO3. The molecule has 0 heterocycles. The van der Waals surface area contributed by atoms with E-state index in [1.54, 1.807) is 32.2 Å². The normalized spacial score (nSPS) is 9.47. The minimum atomic E-state index is -0.239. The average molecular weight is 233 g/mol. The van der Waals surface area contributed by atoms with Crippen molar-refractivity contribution in [3.8, 4) is 11.8 Å². The second-order valence-electron chi connectivity index (χ2n) is 3.44. The van der Waals surface area contributed by atoms with E-state index in [2.05, 4.69) is 6.07 Å². The number of nitrogens with zero attached hydrogens (tertiary/aromatic N) is 1. The number of hydrogen-bond donors (Lipinski definition) is 0. The first-order valence-corrected chi connectivity index (χ1v) is 5.44. The van der Waals surface area contributed by atoms with Crippen molar-refractivity contribution in [1.82, 2.24) is 0 Å². The lowest BCUT2D eigenvalue weighted by Crippen LogP contribution is -2.06. The van der Waals surface area contributed by atoms with Gasteiger partial charge in [-0.3, -0.25) is 4.79 Å². The number of benzene rings is 1. The predicted octanol–water partition coefficient (Wildman–Crippen LogP) is 2.06. The fourth-order valence-electron chi connectivity index (χ4n) is 1.51. The number of esters is 1. The van der Waals surface area contributed by atoms with Crippen LogP contribution < -0.4 is 4.74 Å². The summed E-state index contributed by atoms with van der Waals surface area (Å²) in [6.45, 7) is 2.16. The van der Waals surface area contributed by atoms with Crippen LogP contribution in [0, 0.1) is 11.3 Å². The number of carbonyl (C=O) groups is 1. The van der Waals surface area contributed by atoms with Gasteiger partial charge in [-0.05, 0) is 37.1 Å². The fraction of sp³-hybridized carbons (Fsp3) is 0.385. The second-order valence-corrected chi connectivity index (χ2v) is 3.44. The van der Waals surface area contributed by atoms with Crippen molar-refractivity contribution in [2.75, 3.05) is 13.7 Å². The summed E-state index contributed by atoms with van der Waals surface area (Å²) in [5.74, 6) is 0.449. The third-order valence-electron chi connectivity index (χ3n) is 2.31. The van der Waals surface area contributed by atoms with Crippen molar-refractivity contribution in [3.63, 3.8) is 0 Å². The van der Waals surface area contributed by atoms with Gasteiger partial charge in [0.2, 0.25) is 0 Å². The van der Waals surface area contributed by atoms with E-state index in [1.807, 2.05) is 0 Å². The first-order chi connectivity index (χ1) is 8.21. The summed E-state index contributed by atoms with van der Waals surface area (Å²) in [6.07, 6.45) is 0.802. The molecule has 0 unspecified atom stereocenters. The number of nitriles is 1. The van der Waals surface area contributed by atoms with Gasteiger partial charge in [-0.25, -0.2) is 0 Å². The van der Waals surface area contributed by atoms with Gasteiger partial charge in [-0.1, -0.05) is 0 Å². The smallest absolute Gasteiger partial charge is 0.306 e. The van der Waals surface area contributed by atoms with E-state index in [1.165, 1.54) is 0 Å². The van der Waals surface area contributed by atoms with Gasteiger partial charge < -0.3 is 9.47 Å². The van der Waals surface area contributed by atoms with Crippen LogP contribution >= 0.6 is 0 Å². The van der Waals surface area contributed by atoms with Crippen LogP contribution in [0.1, 0.15) is 24.5 Å². The van der Waals surface area contributed by atoms with Crippen molar-refractivity contribution in [2.24, 2.45) is 0 Å². The molecule has 0 atom stereocenters. The molecule has 17 heavy (non-hydrogen) atoms. The predicted molar refractivity (Wildman–Crippen MR) is 62.7 cm³/mol. The maximum absolute atomic E-state index is 11.2. The molecule has 0 aromatic heterocycles. The van der Waals surface area contributed by atoms with Crippen LogP contribution in [0.15, 0.2) is 18.2 Å². The molecule has 1 rings (SSSR count). The minimum absolute atomic E-state index is 0.239. The summed E-state index contributed by atoms with van der Waals surface area (Å²) in [5, 5.41) is 8.80. The van der Waals surface area contributed by atoms with Crippen molar-refractivity contribution in [1.29, 1.82) is 5.26 Å². The lowest BCUT2D eigenvalue weighted by atomic mass is 10.1. The number of hydrogen-bond acceptors (Lipinski definition) is 4. The minimum Gasteiger partial charge on any atom is -0.496 e. The average Bonchev–Trinajstić information content (AvgIpc) is 2.36. The zero-order valence-electron chi connectivity index (χ0n) is 10.0. The van der Waals surface area contributed by atoms with Crippen molar-refractivity contribution >= 4 is 5.97 Å².